The van der Waals surface area contributed by atoms with E-state index in [9.17, 15) is 0 Å². The standard InChI is InChI=1S/C10H17N5S/c1-2-13-10(15-9(11)12)14-6-5-8-4-3-7-16-8/h3-4,7H,2,5-6H2,1H3,(H5,11,12,13,14,15). The number of thiophene rings is 1. The van der Waals surface area contributed by atoms with E-state index in [1.54, 1.807) is 11.3 Å². The number of nitrogens with one attached hydrogen (secondary N) is 1. The van der Waals surface area contributed by atoms with Gasteiger partial charge in [-0.3, -0.25) is 4.99 Å². The van der Waals surface area contributed by atoms with E-state index in [0.29, 0.717) is 12.5 Å². The van der Waals surface area contributed by atoms with Crippen molar-refractivity contribution in [3.8, 4) is 0 Å². The number of nitrogens with two attached hydrogens (primary N) is 2. The fraction of sp³-hybridized carbons (Fsp3) is 0.400. The zero-order valence-corrected chi connectivity index (χ0v) is 10.1. The Morgan fingerprint density at radius 1 is 1.50 bits per heavy atom. The molecule has 0 aliphatic rings. The summed E-state index contributed by atoms with van der Waals surface area (Å²) in [5, 5.41) is 5.06. The van der Waals surface area contributed by atoms with E-state index in [0.717, 1.165) is 13.0 Å². The average molecular weight is 239 g/mol. The molecule has 0 saturated heterocycles. The Balaban J connectivity index is 2.48. The normalized spacial score (nSPS) is 11.2. The van der Waals surface area contributed by atoms with Crippen LogP contribution in [-0.4, -0.2) is 25.0 Å². The molecule has 16 heavy (non-hydrogen) atoms. The van der Waals surface area contributed by atoms with Crippen molar-refractivity contribution >= 4 is 23.3 Å². The second kappa shape index (κ2) is 6.84. The van der Waals surface area contributed by atoms with Crippen molar-refractivity contribution in [1.82, 2.24) is 5.32 Å². The molecule has 1 heterocycles. The van der Waals surface area contributed by atoms with Gasteiger partial charge in [-0.25, -0.2) is 0 Å². The number of hydrogen-bond donors (Lipinski definition) is 3. The average Bonchev–Trinajstić information content (AvgIpc) is 2.70. The minimum atomic E-state index is 0.0239. The number of hydrogen-bond acceptors (Lipinski definition) is 2. The molecule has 0 amide bonds. The molecule has 0 radical (unpaired) electrons. The first kappa shape index (κ1) is 12.5. The lowest BCUT2D eigenvalue weighted by Crippen LogP contribution is -2.29. The first-order valence-corrected chi connectivity index (χ1v) is 6.00. The third kappa shape index (κ3) is 4.79. The van der Waals surface area contributed by atoms with Crippen LogP contribution in [0.15, 0.2) is 27.5 Å². The molecule has 5 N–H and O–H groups in total. The van der Waals surface area contributed by atoms with Crippen molar-refractivity contribution in [3.63, 3.8) is 0 Å². The Labute approximate surface area is 99.3 Å². The summed E-state index contributed by atoms with van der Waals surface area (Å²) in [6, 6.07) is 4.12. The number of rotatable bonds is 4. The van der Waals surface area contributed by atoms with Crippen LogP contribution in [0.5, 0.6) is 0 Å². The fourth-order valence-corrected chi connectivity index (χ4v) is 1.84. The van der Waals surface area contributed by atoms with E-state index in [4.69, 9.17) is 11.5 Å². The fourth-order valence-electron chi connectivity index (χ4n) is 1.14. The van der Waals surface area contributed by atoms with Crippen molar-refractivity contribution in [1.29, 1.82) is 0 Å². The van der Waals surface area contributed by atoms with E-state index in [2.05, 4.69) is 26.7 Å². The molecule has 0 saturated carbocycles. The third-order valence-electron chi connectivity index (χ3n) is 1.77. The van der Waals surface area contributed by atoms with Gasteiger partial charge in [0.1, 0.15) is 0 Å². The number of guanidine groups is 2. The van der Waals surface area contributed by atoms with Crippen LogP contribution < -0.4 is 16.8 Å². The molecule has 0 fully saturated rings. The topological polar surface area (TPSA) is 88.8 Å². The van der Waals surface area contributed by atoms with Gasteiger partial charge in [-0.1, -0.05) is 6.07 Å². The molecule has 0 atom stereocenters. The van der Waals surface area contributed by atoms with Crippen LogP contribution in [0.1, 0.15) is 11.8 Å². The van der Waals surface area contributed by atoms with Crippen molar-refractivity contribution in [2.24, 2.45) is 21.5 Å². The maximum absolute atomic E-state index is 5.30. The van der Waals surface area contributed by atoms with Crippen LogP contribution in [0.3, 0.4) is 0 Å². The van der Waals surface area contributed by atoms with Crippen molar-refractivity contribution in [2.75, 3.05) is 13.1 Å². The molecule has 0 unspecified atom stereocenters. The smallest absolute Gasteiger partial charge is 0.221 e. The lowest BCUT2D eigenvalue weighted by Gasteiger charge is -2.02. The second-order valence-electron chi connectivity index (χ2n) is 3.10. The van der Waals surface area contributed by atoms with Gasteiger partial charge in [0.2, 0.25) is 5.96 Å². The van der Waals surface area contributed by atoms with Crippen LogP contribution in [0.2, 0.25) is 0 Å². The predicted octanol–water partition coefficient (Wildman–Crippen LogP) is 0.530. The van der Waals surface area contributed by atoms with Crippen molar-refractivity contribution in [2.45, 2.75) is 13.3 Å². The van der Waals surface area contributed by atoms with Crippen LogP contribution in [0.4, 0.5) is 0 Å². The summed E-state index contributed by atoms with van der Waals surface area (Å²) in [5.74, 6) is 0.523. The molecule has 0 aromatic carbocycles. The Kier molecular flexibility index (Phi) is 5.35. The zero-order chi connectivity index (χ0) is 11.8. The highest BCUT2D eigenvalue weighted by Gasteiger charge is 1.96. The van der Waals surface area contributed by atoms with Crippen LogP contribution >= 0.6 is 11.3 Å². The van der Waals surface area contributed by atoms with E-state index in [1.807, 2.05) is 13.0 Å². The molecular formula is C10H17N5S. The minimum absolute atomic E-state index is 0.0239. The van der Waals surface area contributed by atoms with Crippen molar-refractivity contribution < 1.29 is 0 Å². The van der Waals surface area contributed by atoms with Crippen LogP contribution in [0, 0.1) is 0 Å². The maximum atomic E-state index is 5.30. The van der Waals surface area contributed by atoms with E-state index >= 15 is 0 Å². The zero-order valence-electron chi connectivity index (χ0n) is 9.31. The Hall–Kier alpha value is -1.56. The summed E-state index contributed by atoms with van der Waals surface area (Å²) >= 11 is 1.73. The molecule has 1 aromatic heterocycles. The largest absolute Gasteiger partial charge is 0.370 e. The molecule has 1 aromatic rings. The number of aliphatic imine (C=N–C) groups is 2. The second-order valence-corrected chi connectivity index (χ2v) is 4.13. The monoisotopic (exact) mass is 239 g/mol. The highest BCUT2D eigenvalue weighted by Crippen LogP contribution is 2.08. The van der Waals surface area contributed by atoms with Gasteiger partial charge in [0.25, 0.3) is 0 Å². The minimum Gasteiger partial charge on any atom is -0.370 e. The van der Waals surface area contributed by atoms with Crippen LogP contribution in [0.25, 0.3) is 0 Å². The number of nitrogens with zero attached hydrogens (tertiary/aromatic N) is 2. The van der Waals surface area contributed by atoms with Gasteiger partial charge in [-0.05, 0) is 18.4 Å². The molecule has 6 heteroatoms. The van der Waals surface area contributed by atoms with Gasteiger partial charge in [-0.15, -0.1) is 11.3 Å². The summed E-state index contributed by atoms with van der Waals surface area (Å²) < 4.78 is 0. The summed E-state index contributed by atoms with van der Waals surface area (Å²) in [6.45, 7) is 3.39. The summed E-state index contributed by atoms with van der Waals surface area (Å²) in [4.78, 5) is 9.50. The molecule has 5 nitrogen and oxygen atoms in total. The summed E-state index contributed by atoms with van der Waals surface area (Å²) in [6.07, 6.45) is 0.909. The molecule has 0 aliphatic carbocycles. The molecule has 1 rings (SSSR count). The Bertz CT molecular complexity index is 351. The first-order valence-electron chi connectivity index (χ1n) is 5.12. The first-order chi connectivity index (χ1) is 7.72. The van der Waals surface area contributed by atoms with E-state index in [1.165, 1.54) is 4.88 Å². The molecule has 0 aliphatic heterocycles. The van der Waals surface area contributed by atoms with Gasteiger partial charge >= 0.3 is 0 Å². The molecule has 0 spiro atoms. The molecule has 0 bridgehead atoms. The Morgan fingerprint density at radius 3 is 2.88 bits per heavy atom. The predicted molar refractivity (Wildman–Crippen MR) is 69.8 cm³/mol. The summed E-state index contributed by atoms with van der Waals surface area (Å²) in [5.41, 5.74) is 10.6. The van der Waals surface area contributed by atoms with Crippen LogP contribution in [-0.2, 0) is 6.42 Å². The summed E-state index contributed by atoms with van der Waals surface area (Å²) in [7, 11) is 0. The lowest BCUT2D eigenvalue weighted by molar-refractivity contribution is 0.911. The van der Waals surface area contributed by atoms with Gasteiger partial charge in [0.05, 0.1) is 0 Å². The molecular weight excluding hydrogens is 222 g/mol. The quantitative estimate of drug-likeness (QED) is 0.529. The van der Waals surface area contributed by atoms with E-state index < -0.39 is 0 Å². The SMILES string of the molecule is CCNC(N=C(N)N)=NCCc1cccs1. The van der Waals surface area contributed by atoms with Gasteiger partial charge in [-0.2, -0.15) is 4.99 Å². The van der Waals surface area contributed by atoms with Gasteiger partial charge in [0.15, 0.2) is 5.96 Å². The highest BCUT2D eigenvalue weighted by molar-refractivity contribution is 7.09. The third-order valence-corrected chi connectivity index (χ3v) is 2.71. The highest BCUT2D eigenvalue weighted by atomic mass is 32.1. The van der Waals surface area contributed by atoms with Gasteiger partial charge < -0.3 is 16.8 Å². The lowest BCUT2D eigenvalue weighted by atomic mass is 10.3. The van der Waals surface area contributed by atoms with Crippen molar-refractivity contribution in [3.05, 3.63) is 22.4 Å². The Morgan fingerprint density at radius 2 is 2.31 bits per heavy atom. The van der Waals surface area contributed by atoms with Gasteiger partial charge in [0, 0.05) is 24.4 Å². The maximum Gasteiger partial charge on any atom is 0.221 e. The molecule has 88 valence electrons. The van der Waals surface area contributed by atoms with E-state index in [-0.39, 0.29) is 5.96 Å².